The summed E-state index contributed by atoms with van der Waals surface area (Å²) in [5.41, 5.74) is 3.98. The number of halogens is 1. The Morgan fingerprint density at radius 3 is 2.65 bits per heavy atom. The summed E-state index contributed by atoms with van der Waals surface area (Å²) in [5.74, 6) is -0.464. The van der Waals surface area contributed by atoms with Crippen molar-refractivity contribution < 1.29 is 14.0 Å². The van der Waals surface area contributed by atoms with E-state index in [9.17, 15) is 14.0 Å². The zero-order chi connectivity index (χ0) is 21.7. The standard InChI is InChI=1S/C24H23FN4O2/c1-14-5-3-6-17(13-14)22(30)26-21-20(16-7-9-18(25)10-8-16)19-15(2)27-29-12-4-11-28(23(19)29)24(21)31/h3,5-10,13,20-21H,4,11-12H2,1-2H3,(H,26,30)/t20-,21-/m0/s1. The van der Waals surface area contributed by atoms with Gasteiger partial charge in [0, 0.05) is 30.1 Å². The number of hydrogen-bond donors (Lipinski definition) is 1. The lowest BCUT2D eigenvalue weighted by molar-refractivity contribution is -0.121. The lowest BCUT2D eigenvalue weighted by atomic mass is 9.80. The van der Waals surface area contributed by atoms with Crippen LogP contribution in [0.15, 0.2) is 48.5 Å². The van der Waals surface area contributed by atoms with Gasteiger partial charge in [0.25, 0.3) is 11.8 Å². The third-order valence-electron chi connectivity index (χ3n) is 6.13. The van der Waals surface area contributed by atoms with Crippen molar-refractivity contribution in [3.63, 3.8) is 0 Å². The van der Waals surface area contributed by atoms with Crippen LogP contribution in [0, 0.1) is 19.7 Å². The van der Waals surface area contributed by atoms with Crippen LogP contribution in [-0.2, 0) is 11.3 Å². The number of amides is 2. The molecule has 2 amide bonds. The first-order valence-corrected chi connectivity index (χ1v) is 10.5. The topological polar surface area (TPSA) is 67.2 Å². The third kappa shape index (κ3) is 3.21. The third-order valence-corrected chi connectivity index (χ3v) is 6.13. The Bertz CT molecular complexity index is 1180. The van der Waals surface area contributed by atoms with E-state index in [-0.39, 0.29) is 17.6 Å². The van der Waals surface area contributed by atoms with E-state index in [1.54, 1.807) is 29.2 Å². The molecule has 2 atom stereocenters. The zero-order valence-electron chi connectivity index (χ0n) is 17.4. The highest BCUT2D eigenvalue weighted by Crippen LogP contribution is 2.43. The Balaban J connectivity index is 1.62. The molecule has 158 valence electrons. The lowest BCUT2D eigenvalue weighted by Gasteiger charge is -2.40. The van der Waals surface area contributed by atoms with Gasteiger partial charge in [-0.25, -0.2) is 9.07 Å². The van der Waals surface area contributed by atoms with E-state index in [1.807, 2.05) is 30.7 Å². The molecule has 6 nitrogen and oxygen atoms in total. The number of benzene rings is 2. The molecule has 2 aliphatic heterocycles. The number of rotatable bonds is 3. The fraction of sp³-hybridized carbons (Fsp3) is 0.292. The second-order valence-corrected chi connectivity index (χ2v) is 8.24. The van der Waals surface area contributed by atoms with Gasteiger partial charge in [0.2, 0.25) is 0 Å². The molecule has 2 aromatic carbocycles. The summed E-state index contributed by atoms with van der Waals surface area (Å²) in [6.45, 7) is 5.17. The molecular formula is C24H23FN4O2. The highest BCUT2D eigenvalue weighted by Gasteiger charge is 2.46. The van der Waals surface area contributed by atoms with Gasteiger partial charge in [-0.3, -0.25) is 14.5 Å². The van der Waals surface area contributed by atoms with Gasteiger partial charge in [0.15, 0.2) is 0 Å². The highest BCUT2D eigenvalue weighted by atomic mass is 19.1. The van der Waals surface area contributed by atoms with Crippen molar-refractivity contribution in [2.24, 2.45) is 0 Å². The van der Waals surface area contributed by atoms with Crippen molar-refractivity contribution in [2.45, 2.75) is 38.8 Å². The first-order chi connectivity index (χ1) is 14.9. The van der Waals surface area contributed by atoms with Crippen LogP contribution in [0.3, 0.4) is 0 Å². The van der Waals surface area contributed by atoms with Crippen LogP contribution in [-0.4, -0.2) is 34.2 Å². The van der Waals surface area contributed by atoms with E-state index in [0.717, 1.165) is 41.2 Å². The number of carbonyl (C=O) groups excluding carboxylic acids is 2. The molecule has 0 radical (unpaired) electrons. The Morgan fingerprint density at radius 1 is 1.13 bits per heavy atom. The summed E-state index contributed by atoms with van der Waals surface area (Å²) < 4.78 is 15.5. The maximum atomic E-state index is 13.6. The second kappa shape index (κ2) is 7.34. The van der Waals surface area contributed by atoms with Crippen molar-refractivity contribution in [2.75, 3.05) is 11.4 Å². The van der Waals surface area contributed by atoms with Crippen molar-refractivity contribution in [1.29, 1.82) is 0 Å². The van der Waals surface area contributed by atoms with E-state index in [1.165, 1.54) is 12.1 Å². The summed E-state index contributed by atoms with van der Waals surface area (Å²) in [5, 5.41) is 7.64. The SMILES string of the molecule is Cc1cccc(C(=O)N[C@@H]2C(=O)N3CCCn4nc(C)c(c43)[C@@H]2c2ccc(F)cc2)c1. The average Bonchev–Trinajstić information content (AvgIpc) is 3.09. The Labute approximate surface area is 179 Å². The smallest absolute Gasteiger partial charge is 0.251 e. The van der Waals surface area contributed by atoms with Crippen LogP contribution in [0.4, 0.5) is 10.2 Å². The van der Waals surface area contributed by atoms with Gasteiger partial charge < -0.3 is 5.32 Å². The number of aromatic nitrogens is 2. The minimum atomic E-state index is -0.805. The molecule has 2 aliphatic rings. The van der Waals surface area contributed by atoms with Crippen LogP contribution in [0.25, 0.3) is 0 Å². The summed E-state index contributed by atoms with van der Waals surface area (Å²) in [6.07, 6.45) is 0.805. The van der Waals surface area contributed by atoms with E-state index in [2.05, 4.69) is 10.4 Å². The van der Waals surface area contributed by atoms with Crippen molar-refractivity contribution in [3.8, 4) is 0 Å². The molecule has 5 rings (SSSR count). The fourth-order valence-electron chi connectivity index (χ4n) is 4.75. The van der Waals surface area contributed by atoms with Crippen LogP contribution in [0.2, 0.25) is 0 Å². The zero-order valence-corrected chi connectivity index (χ0v) is 17.4. The van der Waals surface area contributed by atoms with Gasteiger partial charge in [-0.2, -0.15) is 5.10 Å². The summed E-state index contributed by atoms with van der Waals surface area (Å²) >= 11 is 0. The molecule has 0 bridgehead atoms. The fourth-order valence-corrected chi connectivity index (χ4v) is 4.75. The number of aryl methyl sites for hydroxylation is 3. The van der Waals surface area contributed by atoms with Crippen molar-refractivity contribution in [3.05, 3.63) is 82.3 Å². The number of nitrogens with one attached hydrogen (secondary N) is 1. The van der Waals surface area contributed by atoms with Gasteiger partial charge in [-0.15, -0.1) is 0 Å². The molecule has 1 N–H and O–H groups in total. The summed E-state index contributed by atoms with van der Waals surface area (Å²) in [7, 11) is 0. The van der Waals surface area contributed by atoms with Gasteiger partial charge in [0.1, 0.15) is 17.7 Å². The molecular weight excluding hydrogens is 395 g/mol. The quantitative estimate of drug-likeness (QED) is 0.710. The number of hydrogen-bond acceptors (Lipinski definition) is 3. The Hall–Kier alpha value is -3.48. The largest absolute Gasteiger partial charge is 0.339 e. The maximum absolute atomic E-state index is 13.6. The lowest BCUT2D eigenvalue weighted by Crippen LogP contribution is -2.56. The monoisotopic (exact) mass is 418 g/mol. The predicted molar refractivity (Wildman–Crippen MR) is 115 cm³/mol. The second-order valence-electron chi connectivity index (χ2n) is 8.24. The Kier molecular flexibility index (Phi) is 4.61. The highest BCUT2D eigenvalue weighted by molar-refractivity contribution is 6.05. The molecule has 31 heavy (non-hydrogen) atoms. The molecule has 0 unspecified atom stereocenters. The first-order valence-electron chi connectivity index (χ1n) is 10.5. The molecule has 0 fully saturated rings. The molecule has 0 saturated heterocycles. The molecule has 0 spiro atoms. The van der Waals surface area contributed by atoms with Gasteiger partial charge in [0.05, 0.1) is 5.69 Å². The molecule has 1 aromatic heterocycles. The van der Waals surface area contributed by atoms with Crippen LogP contribution in [0.5, 0.6) is 0 Å². The minimum absolute atomic E-state index is 0.163. The van der Waals surface area contributed by atoms with Gasteiger partial charge in [-0.1, -0.05) is 29.8 Å². The first kappa shape index (κ1) is 19.5. The molecule has 7 heteroatoms. The Morgan fingerprint density at radius 2 is 1.90 bits per heavy atom. The van der Waals surface area contributed by atoms with E-state index >= 15 is 0 Å². The van der Waals surface area contributed by atoms with Crippen LogP contribution >= 0.6 is 0 Å². The normalized spacial score (nSPS) is 19.8. The van der Waals surface area contributed by atoms with Gasteiger partial charge in [-0.05, 0) is 50.1 Å². The average molecular weight is 418 g/mol. The molecule has 0 aliphatic carbocycles. The molecule has 3 heterocycles. The van der Waals surface area contributed by atoms with E-state index < -0.39 is 12.0 Å². The maximum Gasteiger partial charge on any atom is 0.251 e. The van der Waals surface area contributed by atoms with Gasteiger partial charge >= 0.3 is 0 Å². The van der Waals surface area contributed by atoms with E-state index in [0.29, 0.717) is 12.1 Å². The molecule has 3 aromatic rings. The minimum Gasteiger partial charge on any atom is -0.339 e. The van der Waals surface area contributed by atoms with Crippen molar-refractivity contribution in [1.82, 2.24) is 15.1 Å². The van der Waals surface area contributed by atoms with Crippen LogP contribution < -0.4 is 10.2 Å². The van der Waals surface area contributed by atoms with Crippen LogP contribution in [0.1, 0.15) is 45.1 Å². The number of nitrogens with zero attached hydrogens (tertiary/aromatic N) is 3. The summed E-state index contributed by atoms with van der Waals surface area (Å²) in [6, 6.07) is 12.6. The number of anilines is 1. The predicted octanol–water partition coefficient (Wildman–Crippen LogP) is 3.32. The molecule has 0 saturated carbocycles. The van der Waals surface area contributed by atoms with Crippen molar-refractivity contribution >= 4 is 17.6 Å². The number of carbonyl (C=O) groups is 2. The summed E-state index contributed by atoms with van der Waals surface area (Å²) in [4.78, 5) is 28.4. The van der Waals surface area contributed by atoms with E-state index in [4.69, 9.17) is 0 Å².